The first-order valence-corrected chi connectivity index (χ1v) is 9.87. The third-order valence-electron chi connectivity index (χ3n) is 4.99. The minimum Gasteiger partial charge on any atom is -0.354 e. The molecule has 0 saturated carbocycles. The molecule has 1 atom stereocenters. The highest BCUT2D eigenvalue weighted by molar-refractivity contribution is 7.09. The van der Waals surface area contributed by atoms with Gasteiger partial charge in [-0.3, -0.25) is 15.0 Å². The van der Waals surface area contributed by atoms with Crippen LogP contribution in [0.3, 0.4) is 0 Å². The van der Waals surface area contributed by atoms with E-state index in [1.807, 2.05) is 0 Å². The third kappa shape index (κ3) is 7.09. The molecule has 0 aromatic carbocycles. The van der Waals surface area contributed by atoms with Crippen molar-refractivity contribution in [1.29, 1.82) is 0 Å². The monoisotopic (exact) mass is 444 g/mol. The number of alkyl halides is 2. The summed E-state index contributed by atoms with van der Waals surface area (Å²) in [5.41, 5.74) is 1.14. The predicted octanol–water partition coefficient (Wildman–Crippen LogP) is 2.87. The van der Waals surface area contributed by atoms with Gasteiger partial charge in [-0.15, -0.1) is 36.2 Å². The molecule has 1 unspecified atom stereocenters. The van der Waals surface area contributed by atoms with Gasteiger partial charge < -0.3 is 5.32 Å². The molecule has 1 aromatic rings. The van der Waals surface area contributed by atoms with Gasteiger partial charge in [0.2, 0.25) is 5.91 Å². The Bertz CT molecular complexity index is 597. The lowest BCUT2D eigenvalue weighted by Gasteiger charge is -2.31. The number of hydrogen-bond donors (Lipinski definition) is 2. The average Bonchev–Trinajstić information content (AvgIpc) is 3.20. The Labute approximate surface area is 175 Å². The van der Waals surface area contributed by atoms with E-state index in [4.69, 9.17) is 0 Å². The van der Waals surface area contributed by atoms with Crippen molar-refractivity contribution < 1.29 is 13.6 Å². The molecule has 0 spiro atoms. The van der Waals surface area contributed by atoms with Crippen LogP contribution in [0.4, 0.5) is 8.78 Å². The molecule has 5 nitrogen and oxygen atoms in total. The Morgan fingerprint density at radius 1 is 1.41 bits per heavy atom. The van der Waals surface area contributed by atoms with Crippen LogP contribution in [0.15, 0.2) is 5.38 Å². The molecule has 1 amide bonds. The van der Waals surface area contributed by atoms with Crippen LogP contribution in [0.5, 0.6) is 0 Å². The van der Waals surface area contributed by atoms with E-state index in [0.717, 1.165) is 44.6 Å². The number of thiazole rings is 1. The first kappa shape index (κ1) is 24.5. The molecule has 2 fully saturated rings. The minimum absolute atomic E-state index is 0. The van der Waals surface area contributed by atoms with E-state index in [9.17, 15) is 13.6 Å². The highest BCUT2D eigenvalue weighted by Crippen LogP contribution is 2.25. The number of carbonyl (C=O) groups excluding carboxylic acids is 1. The van der Waals surface area contributed by atoms with E-state index in [1.54, 1.807) is 11.3 Å². The van der Waals surface area contributed by atoms with Crippen molar-refractivity contribution in [2.45, 2.75) is 51.1 Å². The number of carbonyl (C=O) groups is 1. The quantitative estimate of drug-likeness (QED) is 0.707. The van der Waals surface area contributed by atoms with Gasteiger partial charge in [-0.1, -0.05) is 6.92 Å². The van der Waals surface area contributed by atoms with Gasteiger partial charge in [0.25, 0.3) is 5.92 Å². The maximum Gasteiger partial charge on any atom is 0.262 e. The second-order valence-corrected chi connectivity index (χ2v) is 7.99. The van der Waals surface area contributed by atoms with Gasteiger partial charge in [0.1, 0.15) is 0 Å². The summed E-state index contributed by atoms with van der Waals surface area (Å²) in [4.78, 5) is 19.0. The zero-order valence-corrected chi connectivity index (χ0v) is 17.8. The molecule has 156 valence electrons. The molecule has 0 aliphatic carbocycles. The molecule has 1 aromatic heterocycles. The van der Waals surface area contributed by atoms with Gasteiger partial charge >= 0.3 is 0 Å². The van der Waals surface area contributed by atoms with E-state index >= 15 is 0 Å². The van der Waals surface area contributed by atoms with Gasteiger partial charge in [0.05, 0.1) is 23.3 Å². The number of amides is 1. The summed E-state index contributed by atoms with van der Waals surface area (Å²) in [5.74, 6) is -2.64. The number of halogens is 4. The van der Waals surface area contributed by atoms with E-state index in [2.05, 4.69) is 32.8 Å². The Balaban J connectivity index is 0.00000182. The van der Waals surface area contributed by atoms with Crippen molar-refractivity contribution in [3.05, 3.63) is 16.1 Å². The average molecular weight is 445 g/mol. The smallest absolute Gasteiger partial charge is 0.262 e. The molecule has 2 N–H and O–H groups in total. The van der Waals surface area contributed by atoms with Crippen LogP contribution in [0.25, 0.3) is 0 Å². The van der Waals surface area contributed by atoms with Crippen LogP contribution in [0, 0.1) is 5.92 Å². The van der Waals surface area contributed by atoms with Gasteiger partial charge in [0, 0.05) is 24.9 Å². The number of aromatic nitrogens is 1. The number of aryl methyl sites for hydroxylation is 1. The SMILES string of the molecule is CCc1nc(CN2CCC(CNC(=O)C3CC(F)(F)CN3)CC2)cs1.Cl.Cl. The Morgan fingerprint density at radius 3 is 2.67 bits per heavy atom. The molecular weight excluding hydrogens is 417 g/mol. The lowest BCUT2D eigenvalue weighted by molar-refractivity contribution is -0.123. The molecule has 27 heavy (non-hydrogen) atoms. The normalized spacial score (nSPS) is 22.7. The lowest BCUT2D eigenvalue weighted by Crippen LogP contribution is -2.44. The fourth-order valence-electron chi connectivity index (χ4n) is 3.43. The summed E-state index contributed by atoms with van der Waals surface area (Å²) in [7, 11) is 0. The van der Waals surface area contributed by atoms with Gasteiger partial charge in [-0.05, 0) is 38.3 Å². The summed E-state index contributed by atoms with van der Waals surface area (Å²) in [6.07, 6.45) is 2.61. The number of piperidine rings is 1. The number of nitrogens with zero attached hydrogens (tertiary/aromatic N) is 2. The zero-order valence-electron chi connectivity index (χ0n) is 15.4. The molecule has 10 heteroatoms. The van der Waals surface area contributed by atoms with E-state index < -0.39 is 24.9 Å². The second kappa shape index (κ2) is 10.9. The number of hydrogen-bond acceptors (Lipinski definition) is 5. The molecule has 2 aliphatic heterocycles. The first-order valence-electron chi connectivity index (χ1n) is 9.00. The van der Waals surface area contributed by atoms with Crippen LogP contribution >= 0.6 is 36.2 Å². The topological polar surface area (TPSA) is 57.3 Å². The van der Waals surface area contributed by atoms with E-state index in [0.29, 0.717) is 12.5 Å². The van der Waals surface area contributed by atoms with Crippen molar-refractivity contribution in [1.82, 2.24) is 20.5 Å². The molecule has 3 heterocycles. The second-order valence-electron chi connectivity index (χ2n) is 7.04. The van der Waals surface area contributed by atoms with Crippen LogP contribution in [-0.2, 0) is 17.8 Å². The van der Waals surface area contributed by atoms with Crippen molar-refractivity contribution in [2.75, 3.05) is 26.2 Å². The third-order valence-corrected chi connectivity index (χ3v) is 6.03. The summed E-state index contributed by atoms with van der Waals surface area (Å²) in [5, 5.41) is 8.76. The summed E-state index contributed by atoms with van der Waals surface area (Å²) >= 11 is 1.72. The van der Waals surface area contributed by atoms with Gasteiger partial charge in [-0.2, -0.15) is 0 Å². The number of nitrogens with one attached hydrogen (secondary N) is 2. The molecular formula is C17H28Cl2F2N4OS. The number of rotatable bonds is 6. The highest BCUT2D eigenvalue weighted by atomic mass is 35.5. The lowest BCUT2D eigenvalue weighted by atomic mass is 9.96. The minimum atomic E-state index is -2.76. The van der Waals surface area contributed by atoms with Crippen molar-refractivity contribution in [2.24, 2.45) is 5.92 Å². The number of likely N-dealkylation sites (tertiary alicyclic amines) is 1. The largest absolute Gasteiger partial charge is 0.354 e. The Morgan fingerprint density at radius 2 is 2.11 bits per heavy atom. The van der Waals surface area contributed by atoms with Gasteiger partial charge in [-0.25, -0.2) is 13.8 Å². The molecule has 3 rings (SSSR count). The van der Waals surface area contributed by atoms with Crippen molar-refractivity contribution in [3.8, 4) is 0 Å². The highest BCUT2D eigenvalue weighted by Gasteiger charge is 2.42. The summed E-state index contributed by atoms with van der Waals surface area (Å²) < 4.78 is 26.3. The van der Waals surface area contributed by atoms with E-state index in [1.165, 1.54) is 5.01 Å². The zero-order chi connectivity index (χ0) is 17.9. The summed E-state index contributed by atoms with van der Waals surface area (Å²) in [6.45, 7) is 5.15. The van der Waals surface area contributed by atoms with Crippen LogP contribution in [0.2, 0.25) is 0 Å². The van der Waals surface area contributed by atoms with E-state index in [-0.39, 0.29) is 30.7 Å². The predicted molar refractivity (Wildman–Crippen MR) is 108 cm³/mol. The van der Waals surface area contributed by atoms with Crippen molar-refractivity contribution in [3.63, 3.8) is 0 Å². The fraction of sp³-hybridized carbons (Fsp3) is 0.765. The maximum absolute atomic E-state index is 13.1. The van der Waals surface area contributed by atoms with Crippen LogP contribution < -0.4 is 10.6 Å². The molecule has 0 bridgehead atoms. The molecule has 2 aliphatic rings. The molecule has 2 saturated heterocycles. The fourth-order valence-corrected chi connectivity index (χ4v) is 4.17. The Kier molecular flexibility index (Phi) is 9.85. The Hall–Kier alpha value is -0.540. The summed E-state index contributed by atoms with van der Waals surface area (Å²) in [6, 6.07) is -0.757. The standard InChI is InChI=1S/C17H26F2N4OS.2ClH/c1-2-15-22-13(10-25-15)9-23-5-3-12(4-6-23)8-20-16(24)14-7-17(18,19)11-21-14;;/h10,12,14,21H,2-9,11H2,1H3,(H,20,24);2*1H. The van der Waals surface area contributed by atoms with Gasteiger partial charge in [0.15, 0.2) is 0 Å². The van der Waals surface area contributed by atoms with Crippen LogP contribution in [0.1, 0.15) is 36.9 Å². The maximum atomic E-state index is 13.1. The van der Waals surface area contributed by atoms with Crippen molar-refractivity contribution >= 4 is 42.1 Å². The van der Waals surface area contributed by atoms with Crippen LogP contribution in [-0.4, -0.2) is 53.9 Å². The molecule has 0 radical (unpaired) electrons. The first-order chi connectivity index (χ1) is 11.9.